The first-order chi connectivity index (χ1) is 13.8. The molecule has 5 rings (SSSR count). The molecule has 0 radical (unpaired) electrons. The molecule has 1 N–H and O–H groups in total. The molecule has 4 nitrogen and oxygen atoms in total. The second-order valence-corrected chi connectivity index (χ2v) is 8.19. The Kier molecular flexibility index (Phi) is 4.73. The number of ether oxygens (including phenoxy) is 2. The lowest BCUT2D eigenvalue weighted by molar-refractivity contribution is -0.0203. The number of nitrogens with zero attached hydrogens (tertiary/aromatic N) is 1. The Labute approximate surface area is 166 Å². The molecule has 2 aromatic carbocycles. The summed E-state index contributed by atoms with van der Waals surface area (Å²) in [6, 6.07) is 19.6. The van der Waals surface area contributed by atoms with Gasteiger partial charge in [-0.05, 0) is 61.3 Å². The van der Waals surface area contributed by atoms with Gasteiger partial charge in [-0.25, -0.2) is 0 Å². The molecule has 1 aromatic heterocycles. The molecule has 0 unspecified atom stereocenters. The molecule has 1 aliphatic heterocycles. The van der Waals surface area contributed by atoms with E-state index < -0.39 is 0 Å². The van der Waals surface area contributed by atoms with E-state index in [2.05, 4.69) is 40.2 Å². The molecule has 1 saturated carbocycles. The lowest BCUT2D eigenvalue weighted by Gasteiger charge is -2.46. The van der Waals surface area contributed by atoms with Gasteiger partial charge in [0.1, 0.15) is 17.6 Å². The summed E-state index contributed by atoms with van der Waals surface area (Å²) >= 11 is 0. The molecule has 1 aliphatic carbocycles. The predicted octanol–water partition coefficient (Wildman–Crippen LogP) is 4.97. The lowest BCUT2D eigenvalue weighted by Crippen LogP contribution is -2.58. The van der Waals surface area contributed by atoms with Gasteiger partial charge in [0.25, 0.3) is 0 Å². The molecular weight excluding hydrogens is 348 g/mol. The molecule has 0 spiro atoms. The maximum absolute atomic E-state index is 6.11. The quantitative estimate of drug-likeness (QED) is 0.683. The molecule has 3 aromatic rings. The van der Waals surface area contributed by atoms with Crippen LogP contribution in [-0.2, 0) is 0 Å². The number of rotatable bonds is 5. The number of nitrogens with one attached hydrogen (secondary N) is 1. The van der Waals surface area contributed by atoms with Crippen LogP contribution in [0.1, 0.15) is 37.3 Å². The van der Waals surface area contributed by atoms with E-state index >= 15 is 0 Å². The van der Waals surface area contributed by atoms with Crippen molar-refractivity contribution in [1.82, 2.24) is 9.88 Å². The van der Waals surface area contributed by atoms with Crippen molar-refractivity contribution in [1.29, 1.82) is 0 Å². The molecule has 28 heavy (non-hydrogen) atoms. The summed E-state index contributed by atoms with van der Waals surface area (Å²) in [6.07, 6.45) is 5.42. The standard InChI is InChI=1S/C24H28N2O2/c1-27-20-6-4-7-21(14-20)28-22-15-26(16-22)19-11-9-17(10-12-19)24-13-18-5-2-3-8-23(18)25-24/h2-8,13-14,17,19,22,25H,9-12,15-16H2,1H3/t17-,19-. The van der Waals surface area contributed by atoms with Crippen LogP contribution < -0.4 is 9.47 Å². The Bertz CT molecular complexity index is 903. The molecule has 1 saturated heterocycles. The molecule has 2 fully saturated rings. The summed E-state index contributed by atoms with van der Waals surface area (Å²) in [5.41, 5.74) is 2.68. The van der Waals surface area contributed by atoms with Gasteiger partial charge in [-0.15, -0.1) is 0 Å². The smallest absolute Gasteiger partial charge is 0.124 e. The van der Waals surface area contributed by atoms with Crippen LogP contribution in [0.3, 0.4) is 0 Å². The zero-order chi connectivity index (χ0) is 18.9. The number of methoxy groups -OCH3 is 1. The molecule has 146 valence electrons. The minimum atomic E-state index is 0.304. The number of likely N-dealkylation sites (tertiary alicyclic amines) is 1. The summed E-state index contributed by atoms with van der Waals surface area (Å²) in [5.74, 6) is 2.43. The average molecular weight is 377 g/mol. The van der Waals surface area contributed by atoms with E-state index in [1.54, 1.807) is 7.11 Å². The van der Waals surface area contributed by atoms with Crippen molar-refractivity contribution in [3.05, 3.63) is 60.3 Å². The number of aromatic nitrogens is 1. The first kappa shape index (κ1) is 17.6. The predicted molar refractivity (Wildman–Crippen MR) is 112 cm³/mol. The normalized spacial score (nSPS) is 23.5. The molecule has 2 heterocycles. The fraction of sp³-hybridized carbons (Fsp3) is 0.417. The maximum Gasteiger partial charge on any atom is 0.124 e. The van der Waals surface area contributed by atoms with Crippen molar-refractivity contribution in [2.24, 2.45) is 0 Å². The third-order valence-corrected chi connectivity index (χ3v) is 6.42. The Morgan fingerprint density at radius 3 is 2.46 bits per heavy atom. The number of H-pyrrole nitrogens is 1. The SMILES string of the molecule is COc1cccc(OC2CN([C@H]3CC[C@H](c4cc5ccccc5[nH]4)CC3)C2)c1. The first-order valence-electron chi connectivity index (χ1n) is 10.4. The van der Waals surface area contributed by atoms with Gasteiger partial charge in [0.15, 0.2) is 0 Å². The third kappa shape index (κ3) is 3.49. The lowest BCUT2D eigenvalue weighted by atomic mass is 9.82. The number of fused-ring (bicyclic) bond motifs is 1. The summed E-state index contributed by atoms with van der Waals surface area (Å²) in [4.78, 5) is 6.24. The van der Waals surface area contributed by atoms with Crippen molar-refractivity contribution in [3.63, 3.8) is 0 Å². The van der Waals surface area contributed by atoms with Crippen LogP contribution in [-0.4, -0.2) is 42.2 Å². The van der Waals surface area contributed by atoms with Gasteiger partial charge in [0.05, 0.1) is 7.11 Å². The minimum absolute atomic E-state index is 0.304. The second kappa shape index (κ2) is 7.51. The van der Waals surface area contributed by atoms with E-state index in [1.165, 1.54) is 42.3 Å². The molecule has 0 amide bonds. The Balaban J connectivity index is 1.12. The summed E-state index contributed by atoms with van der Waals surface area (Å²) in [5, 5.41) is 1.33. The van der Waals surface area contributed by atoms with Crippen molar-refractivity contribution in [2.75, 3.05) is 20.2 Å². The second-order valence-electron chi connectivity index (χ2n) is 8.19. The van der Waals surface area contributed by atoms with Crippen molar-refractivity contribution < 1.29 is 9.47 Å². The number of para-hydroxylation sites is 1. The summed E-state index contributed by atoms with van der Waals surface area (Å²) in [7, 11) is 1.69. The van der Waals surface area contributed by atoms with Gasteiger partial charge in [0.2, 0.25) is 0 Å². The fourth-order valence-electron chi connectivity index (χ4n) is 4.78. The van der Waals surface area contributed by atoms with E-state index in [0.717, 1.165) is 24.6 Å². The van der Waals surface area contributed by atoms with E-state index in [-0.39, 0.29) is 0 Å². The molecule has 2 aliphatic rings. The van der Waals surface area contributed by atoms with Gasteiger partial charge < -0.3 is 14.5 Å². The number of hydrogen-bond donors (Lipinski definition) is 1. The van der Waals surface area contributed by atoms with E-state index in [4.69, 9.17) is 9.47 Å². The first-order valence-corrected chi connectivity index (χ1v) is 10.4. The molecule has 0 atom stereocenters. The van der Waals surface area contributed by atoms with E-state index in [9.17, 15) is 0 Å². The van der Waals surface area contributed by atoms with Crippen molar-refractivity contribution in [2.45, 2.75) is 43.7 Å². The number of hydrogen-bond acceptors (Lipinski definition) is 3. The van der Waals surface area contributed by atoms with E-state index in [0.29, 0.717) is 18.1 Å². The highest BCUT2D eigenvalue weighted by atomic mass is 16.5. The zero-order valence-electron chi connectivity index (χ0n) is 16.4. The van der Waals surface area contributed by atoms with Crippen LogP contribution in [0, 0.1) is 0 Å². The summed E-state index contributed by atoms with van der Waals surface area (Å²) in [6.45, 7) is 2.08. The monoisotopic (exact) mass is 376 g/mol. The third-order valence-electron chi connectivity index (χ3n) is 6.42. The topological polar surface area (TPSA) is 37.5 Å². The van der Waals surface area contributed by atoms with Gasteiger partial charge in [-0.1, -0.05) is 24.3 Å². The van der Waals surface area contributed by atoms with Crippen LogP contribution >= 0.6 is 0 Å². The van der Waals surface area contributed by atoms with Crippen LogP contribution in [0.2, 0.25) is 0 Å². The van der Waals surface area contributed by atoms with Gasteiger partial charge >= 0.3 is 0 Å². The largest absolute Gasteiger partial charge is 0.497 e. The average Bonchev–Trinajstić information content (AvgIpc) is 3.15. The van der Waals surface area contributed by atoms with Crippen LogP contribution in [0.4, 0.5) is 0 Å². The van der Waals surface area contributed by atoms with Crippen LogP contribution in [0.5, 0.6) is 11.5 Å². The Morgan fingerprint density at radius 2 is 1.68 bits per heavy atom. The van der Waals surface area contributed by atoms with Crippen LogP contribution in [0.15, 0.2) is 54.6 Å². The zero-order valence-corrected chi connectivity index (χ0v) is 16.4. The highest BCUT2D eigenvalue weighted by Crippen LogP contribution is 2.37. The van der Waals surface area contributed by atoms with Crippen LogP contribution in [0.25, 0.3) is 10.9 Å². The Morgan fingerprint density at radius 1 is 0.893 bits per heavy atom. The maximum atomic E-state index is 6.11. The van der Waals surface area contributed by atoms with E-state index in [1.807, 2.05) is 24.3 Å². The highest BCUT2D eigenvalue weighted by molar-refractivity contribution is 5.80. The van der Waals surface area contributed by atoms with Crippen molar-refractivity contribution in [3.8, 4) is 11.5 Å². The summed E-state index contributed by atoms with van der Waals surface area (Å²) < 4.78 is 11.4. The Hall–Kier alpha value is -2.46. The highest BCUT2D eigenvalue weighted by Gasteiger charge is 2.36. The molecule has 0 bridgehead atoms. The molecular formula is C24H28N2O2. The number of benzene rings is 2. The fourth-order valence-corrected chi connectivity index (χ4v) is 4.78. The molecule has 4 heteroatoms. The minimum Gasteiger partial charge on any atom is -0.497 e. The number of aromatic amines is 1. The van der Waals surface area contributed by atoms with Gasteiger partial charge in [-0.3, -0.25) is 4.90 Å². The van der Waals surface area contributed by atoms with Gasteiger partial charge in [0, 0.05) is 36.4 Å². The van der Waals surface area contributed by atoms with Crippen molar-refractivity contribution >= 4 is 10.9 Å². The van der Waals surface area contributed by atoms with Gasteiger partial charge in [-0.2, -0.15) is 0 Å².